The first-order valence-corrected chi connectivity index (χ1v) is 8.19. The Morgan fingerprint density at radius 3 is 2.60 bits per heavy atom. The predicted octanol–water partition coefficient (Wildman–Crippen LogP) is 3.16. The number of hydrogen-bond donors (Lipinski definition) is 2. The van der Waals surface area contributed by atoms with Gasteiger partial charge in [-0.2, -0.15) is 0 Å². The van der Waals surface area contributed by atoms with Gasteiger partial charge in [0.1, 0.15) is 5.82 Å². The van der Waals surface area contributed by atoms with Crippen molar-refractivity contribution in [2.45, 2.75) is 63.2 Å². The first-order chi connectivity index (χ1) is 9.88. The van der Waals surface area contributed by atoms with Crippen LogP contribution in [0.1, 0.15) is 74.7 Å². The van der Waals surface area contributed by atoms with Crippen LogP contribution >= 0.6 is 0 Å². The molecule has 0 aromatic carbocycles. The van der Waals surface area contributed by atoms with Crippen molar-refractivity contribution in [1.82, 2.24) is 9.97 Å². The molecule has 0 saturated heterocycles. The normalized spacial score (nSPS) is 20.1. The zero-order valence-corrected chi connectivity index (χ0v) is 12.3. The van der Waals surface area contributed by atoms with E-state index in [4.69, 9.17) is 10.7 Å². The highest BCUT2D eigenvalue weighted by Crippen LogP contribution is 2.43. The maximum absolute atomic E-state index is 5.55. The van der Waals surface area contributed by atoms with Crippen molar-refractivity contribution in [3.63, 3.8) is 0 Å². The van der Waals surface area contributed by atoms with E-state index in [-0.39, 0.29) is 0 Å². The van der Waals surface area contributed by atoms with Crippen LogP contribution in [-0.2, 0) is 0 Å². The molecule has 0 amide bonds. The molecule has 0 atom stereocenters. The molecular formula is C16H26N4. The second-order valence-corrected chi connectivity index (χ2v) is 6.21. The van der Waals surface area contributed by atoms with Crippen molar-refractivity contribution >= 4 is 5.69 Å². The van der Waals surface area contributed by atoms with Gasteiger partial charge in [0.25, 0.3) is 0 Å². The quantitative estimate of drug-likeness (QED) is 0.782. The molecule has 1 aromatic heterocycles. The lowest BCUT2D eigenvalue weighted by molar-refractivity contribution is 0.427. The maximum atomic E-state index is 5.55. The first-order valence-electron chi connectivity index (χ1n) is 8.19. The molecule has 3 N–H and O–H groups in total. The van der Waals surface area contributed by atoms with Crippen molar-refractivity contribution in [2.75, 3.05) is 18.4 Å². The molecule has 0 bridgehead atoms. The van der Waals surface area contributed by atoms with Crippen LogP contribution in [0.5, 0.6) is 0 Å². The van der Waals surface area contributed by atoms with E-state index in [1.54, 1.807) is 0 Å². The molecule has 0 spiro atoms. The van der Waals surface area contributed by atoms with Gasteiger partial charge in [0.05, 0.1) is 17.6 Å². The summed E-state index contributed by atoms with van der Waals surface area (Å²) in [5.41, 5.74) is 7.95. The van der Waals surface area contributed by atoms with Crippen LogP contribution in [-0.4, -0.2) is 23.1 Å². The monoisotopic (exact) mass is 274 g/mol. The Hall–Kier alpha value is -1.16. The second kappa shape index (κ2) is 6.53. The number of nitrogens with two attached hydrogens (primary N) is 1. The van der Waals surface area contributed by atoms with Crippen molar-refractivity contribution in [3.05, 3.63) is 17.7 Å². The Bertz CT molecular complexity index is 436. The number of nitrogens with zero attached hydrogens (tertiary/aromatic N) is 2. The fourth-order valence-corrected chi connectivity index (χ4v) is 3.10. The number of rotatable bonds is 6. The van der Waals surface area contributed by atoms with E-state index in [0.717, 1.165) is 31.0 Å². The van der Waals surface area contributed by atoms with Gasteiger partial charge in [-0.25, -0.2) is 9.97 Å². The Kier molecular flexibility index (Phi) is 4.51. The average molecular weight is 274 g/mol. The summed E-state index contributed by atoms with van der Waals surface area (Å²) in [5.74, 6) is 2.36. The summed E-state index contributed by atoms with van der Waals surface area (Å²) in [4.78, 5) is 9.58. The van der Waals surface area contributed by atoms with E-state index in [0.29, 0.717) is 11.8 Å². The van der Waals surface area contributed by atoms with E-state index in [1.165, 1.54) is 50.6 Å². The fraction of sp³-hybridized carbons (Fsp3) is 0.750. The van der Waals surface area contributed by atoms with Gasteiger partial charge in [-0.15, -0.1) is 0 Å². The minimum absolute atomic E-state index is 0.597. The Morgan fingerprint density at radius 2 is 1.90 bits per heavy atom. The number of nitrogens with one attached hydrogen (secondary N) is 1. The van der Waals surface area contributed by atoms with E-state index < -0.39 is 0 Å². The molecule has 0 radical (unpaired) electrons. The summed E-state index contributed by atoms with van der Waals surface area (Å²) in [6, 6.07) is 0. The molecule has 0 unspecified atom stereocenters. The zero-order chi connectivity index (χ0) is 13.8. The molecule has 2 aliphatic rings. The molecule has 1 aromatic rings. The lowest BCUT2D eigenvalue weighted by Crippen LogP contribution is -2.14. The van der Waals surface area contributed by atoms with Crippen molar-refractivity contribution in [2.24, 2.45) is 5.73 Å². The average Bonchev–Trinajstić information content (AvgIpc) is 3.33. The zero-order valence-electron chi connectivity index (χ0n) is 12.3. The van der Waals surface area contributed by atoms with Gasteiger partial charge in [-0.1, -0.05) is 19.3 Å². The smallest absolute Gasteiger partial charge is 0.131 e. The minimum atomic E-state index is 0.597. The molecular weight excluding hydrogens is 248 g/mol. The molecule has 1 heterocycles. The minimum Gasteiger partial charge on any atom is -0.382 e. The van der Waals surface area contributed by atoms with Crippen LogP contribution in [0.4, 0.5) is 5.69 Å². The number of hydrogen-bond acceptors (Lipinski definition) is 4. The van der Waals surface area contributed by atoms with Gasteiger partial charge >= 0.3 is 0 Å². The topological polar surface area (TPSA) is 63.8 Å². The third-order valence-electron chi connectivity index (χ3n) is 4.47. The molecule has 0 aliphatic heterocycles. The van der Waals surface area contributed by atoms with Gasteiger partial charge in [0.2, 0.25) is 0 Å². The third kappa shape index (κ3) is 3.29. The summed E-state index contributed by atoms with van der Waals surface area (Å²) in [5, 5.41) is 3.46. The van der Waals surface area contributed by atoms with Gasteiger partial charge in [-0.3, -0.25) is 0 Å². The summed E-state index contributed by atoms with van der Waals surface area (Å²) in [7, 11) is 0. The van der Waals surface area contributed by atoms with Gasteiger partial charge in [0.15, 0.2) is 0 Å². The number of anilines is 1. The van der Waals surface area contributed by atoms with Gasteiger partial charge in [-0.05, 0) is 38.6 Å². The van der Waals surface area contributed by atoms with Crippen molar-refractivity contribution in [3.8, 4) is 0 Å². The van der Waals surface area contributed by atoms with Gasteiger partial charge in [0, 0.05) is 18.4 Å². The molecule has 3 rings (SSSR count). The lowest BCUT2D eigenvalue weighted by Gasteiger charge is -2.21. The second-order valence-electron chi connectivity index (χ2n) is 6.21. The Morgan fingerprint density at radius 1 is 1.10 bits per heavy atom. The highest BCUT2D eigenvalue weighted by Gasteiger charge is 2.29. The van der Waals surface area contributed by atoms with Crippen LogP contribution in [0.15, 0.2) is 6.20 Å². The van der Waals surface area contributed by atoms with Crippen molar-refractivity contribution in [1.29, 1.82) is 0 Å². The first kappa shape index (κ1) is 13.8. The van der Waals surface area contributed by atoms with Crippen LogP contribution in [0.3, 0.4) is 0 Å². The fourth-order valence-electron chi connectivity index (χ4n) is 3.10. The Labute approximate surface area is 121 Å². The summed E-state index contributed by atoms with van der Waals surface area (Å²) < 4.78 is 0. The van der Waals surface area contributed by atoms with Crippen LogP contribution in [0, 0.1) is 0 Å². The van der Waals surface area contributed by atoms with Crippen molar-refractivity contribution < 1.29 is 0 Å². The Balaban J connectivity index is 1.74. The molecule has 110 valence electrons. The lowest BCUT2D eigenvalue weighted by atomic mass is 9.88. The molecule has 2 saturated carbocycles. The summed E-state index contributed by atoms with van der Waals surface area (Å²) in [6.07, 6.45) is 12.2. The van der Waals surface area contributed by atoms with Gasteiger partial charge < -0.3 is 11.1 Å². The third-order valence-corrected chi connectivity index (χ3v) is 4.47. The van der Waals surface area contributed by atoms with Crippen LogP contribution < -0.4 is 11.1 Å². The maximum Gasteiger partial charge on any atom is 0.131 e. The van der Waals surface area contributed by atoms with E-state index in [1.807, 2.05) is 6.20 Å². The highest BCUT2D eigenvalue weighted by molar-refractivity contribution is 5.49. The SMILES string of the molecule is NCCCNc1cnc(C2CCCCC2)nc1C1CC1. The van der Waals surface area contributed by atoms with Crippen LogP contribution in [0.2, 0.25) is 0 Å². The molecule has 4 nitrogen and oxygen atoms in total. The standard InChI is InChI=1S/C16H26N4/c17-9-4-10-18-14-11-19-16(13-5-2-1-3-6-13)20-15(14)12-7-8-12/h11-13,18H,1-10,17H2. The molecule has 2 fully saturated rings. The molecule has 2 aliphatic carbocycles. The summed E-state index contributed by atoms with van der Waals surface area (Å²) in [6.45, 7) is 1.65. The summed E-state index contributed by atoms with van der Waals surface area (Å²) >= 11 is 0. The highest BCUT2D eigenvalue weighted by atomic mass is 15.0. The molecule has 4 heteroatoms. The van der Waals surface area contributed by atoms with E-state index in [9.17, 15) is 0 Å². The predicted molar refractivity (Wildman–Crippen MR) is 82.0 cm³/mol. The van der Waals surface area contributed by atoms with E-state index in [2.05, 4.69) is 10.3 Å². The largest absolute Gasteiger partial charge is 0.382 e. The number of aromatic nitrogens is 2. The van der Waals surface area contributed by atoms with Crippen LogP contribution in [0.25, 0.3) is 0 Å². The molecule has 20 heavy (non-hydrogen) atoms. The van der Waals surface area contributed by atoms with E-state index >= 15 is 0 Å².